The summed E-state index contributed by atoms with van der Waals surface area (Å²) in [4.78, 5) is 1.95. The van der Waals surface area contributed by atoms with Gasteiger partial charge in [-0.2, -0.15) is 17.7 Å². The molecule has 3 heterocycles. The van der Waals surface area contributed by atoms with Gasteiger partial charge in [-0.15, -0.1) is 15.3 Å². The third-order valence-corrected chi connectivity index (χ3v) is 5.32. The predicted octanol–water partition coefficient (Wildman–Crippen LogP) is 2.39. The van der Waals surface area contributed by atoms with Crippen LogP contribution in [-0.4, -0.2) is 45.6 Å². The van der Waals surface area contributed by atoms with E-state index in [1.807, 2.05) is 11.9 Å². The zero-order valence-electron chi connectivity index (χ0n) is 13.6. The van der Waals surface area contributed by atoms with Crippen molar-refractivity contribution in [3.63, 3.8) is 0 Å². The molecule has 3 unspecified atom stereocenters. The van der Waals surface area contributed by atoms with Crippen LogP contribution in [0.25, 0.3) is 5.65 Å². The highest BCUT2D eigenvalue weighted by molar-refractivity contribution is 5.47. The van der Waals surface area contributed by atoms with Crippen molar-refractivity contribution in [2.24, 2.45) is 11.3 Å². The highest BCUT2D eigenvalue weighted by Gasteiger charge is 2.61. The topological polar surface area (TPSA) is 55.6 Å². The molecule has 6 nitrogen and oxygen atoms in total. The van der Waals surface area contributed by atoms with Crippen LogP contribution in [0.4, 0.5) is 19.0 Å². The van der Waals surface area contributed by atoms with Gasteiger partial charge in [-0.25, -0.2) is 0 Å². The van der Waals surface area contributed by atoms with Crippen molar-refractivity contribution >= 4 is 11.5 Å². The van der Waals surface area contributed by atoms with Gasteiger partial charge in [0.1, 0.15) is 5.82 Å². The summed E-state index contributed by atoms with van der Waals surface area (Å²) >= 11 is 0. The number of anilines is 1. The molecule has 2 aromatic rings. The molecule has 0 spiro atoms. The molecule has 0 radical (unpaired) electrons. The summed E-state index contributed by atoms with van der Waals surface area (Å²) in [6, 6.07) is 3.36. The molecule has 130 valence electrons. The van der Waals surface area contributed by atoms with Crippen LogP contribution in [-0.2, 0) is 10.9 Å². The van der Waals surface area contributed by atoms with E-state index in [1.165, 1.54) is 6.07 Å². The Morgan fingerprint density at radius 1 is 1.29 bits per heavy atom. The fourth-order valence-corrected chi connectivity index (χ4v) is 4.37. The molecule has 0 amide bonds. The lowest BCUT2D eigenvalue weighted by atomic mass is 9.57. The number of nitrogens with zero attached hydrogens (tertiary/aromatic N) is 5. The Labute approximate surface area is 136 Å². The number of halogens is 3. The van der Waals surface area contributed by atoms with Crippen LogP contribution in [0.1, 0.15) is 26.1 Å². The van der Waals surface area contributed by atoms with E-state index in [9.17, 15) is 13.2 Å². The van der Waals surface area contributed by atoms with E-state index in [2.05, 4.69) is 29.1 Å². The van der Waals surface area contributed by atoms with Gasteiger partial charge in [0.25, 0.3) is 5.82 Å². The molecule has 0 N–H and O–H groups in total. The number of alkyl halides is 3. The number of aromatic nitrogens is 4. The molecule has 1 aliphatic heterocycles. The van der Waals surface area contributed by atoms with E-state index >= 15 is 0 Å². The van der Waals surface area contributed by atoms with Gasteiger partial charge in [0, 0.05) is 31.0 Å². The Bertz CT molecular complexity index is 787. The van der Waals surface area contributed by atoms with Crippen molar-refractivity contribution in [1.82, 2.24) is 19.8 Å². The second-order valence-electron chi connectivity index (χ2n) is 7.10. The Hall–Kier alpha value is -1.90. The zero-order valence-corrected chi connectivity index (χ0v) is 13.6. The summed E-state index contributed by atoms with van der Waals surface area (Å²) in [6.07, 6.45) is -3.43. The van der Waals surface area contributed by atoms with E-state index in [0.29, 0.717) is 11.7 Å². The first-order chi connectivity index (χ1) is 11.2. The molecule has 9 heteroatoms. The smallest absolute Gasteiger partial charge is 0.377 e. The minimum Gasteiger partial charge on any atom is -0.377 e. The maximum Gasteiger partial charge on any atom is 0.453 e. The molecule has 0 aromatic carbocycles. The molecular weight excluding hydrogens is 323 g/mol. The highest BCUT2D eigenvalue weighted by Crippen LogP contribution is 2.54. The van der Waals surface area contributed by atoms with Crippen molar-refractivity contribution in [2.75, 3.05) is 18.6 Å². The van der Waals surface area contributed by atoms with E-state index in [1.54, 1.807) is 6.07 Å². The van der Waals surface area contributed by atoms with Crippen LogP contribution < -0.4 is 4.90 Å². The highest BCUT2D eigenvalue weighted by atomic mass is 19.4. The zero-order chi connectivity index (χ0) is 17.3. The van der Waals surface area contributed by atoms with Crippen LogP contribution in [0.15, 0.2) is 12.1 Å². The molecule has 1 aliphatic carbocycles. The van der Waals surface area contributed by atoms with Crippen molar-refractivity contribution in [1.29, 1.82) is 0 Å². The van der Waals surface area contributed by atoms with Crippen LogP contribution in [0.5, 0.6) is 0 Å². The van der Waals surface area contributed by atoms with Gasteiger partial charge in [-0.1, -0.05) is 13.8 Å². The van der Waals surface area contributed by atoms with Gasteiger partial charge in [-0.05, 0) is 18.6 Å². The summed E-state index contributed by atoms with van der Waals surface area (Å²) in [5.41, 5.74) is 0.00138. The molecule has 1 saturated carbocycles. The maximum atomic E-state index is 13.0. The van der Waals surface area contributed by atoms with E-state index < -0.39 is 12.0 Å². The van der Waals surface area contributed by atoms with Crippen molar-refractivity contribution in [3.8, 4) is 0 Å². The van der Waals surface area contributed by atoms with Gasteiger partial charge >= 0.3 is 6.18 Å². The second kappa shape index (κ2) is 4.81. The number of hydrogen-bond acceptors (Lipinski definition) is 5. The number of rotatable bonds is 2. The standard InChI is InChI=1S/C15H18F3N5O/c1-14(2)11(8-6-7-24-12(8)14)22(3)10-5-4-9-19-20-13(15(16,17)18)23(9)21-10/h4-5,8,11-12H,6-7H2,1-3H3. The average molecular weight is 341 g/mol. The van der Waals surface area contributed by atoms with Gasteiger partial charge in [-0.3, -0.25) is 0 Å². The molecule has 2 aliphatic rings. The average Bonchev–Trinajstić information content (AvgIpc) is 3.10. The summed E-state index contributed by atoms with van der Waals surface area (Å²) in [6.45, 7) is 4.98. The summed E-state index contributed by atoms with van der Waals surface area (Å²) in [7, 11) is 1.87. The lowest BCUT2D eigenvalue weighted by molar-refractivity contribution is -0.146. The van der Waals surface area contributed by atoms with Crippen molar-refractivity contribution < 1.29 is 17.9 Å². The molecule has 3 atom stereocenters. The Morgan fingerprint density at radius 2 is 2.04 bits per heavy atom. The van der Waals surface area contributed by atoms with Crippen LogP contribution in [0, 0.1) is 11.3 Å². The van der Waals surface area contributed by atoms with Crippen LogP contribution in [0.3, 0.4) is 0 Å². The molecule has 1 saturated heterocycles. The quantitative estimate of drug-likeness (QED) is 0.840. The maximum absolute atomic E-state index is 13.0. The SMILES string of the molecule is CN(c1ccc2nnc(C(F)(F)F)n2n1)C1C2CCOC2C1(C)C. The molecular formula is C15H18F3N5O. The number of fused-ring (bicyclic) bond motifs is 2. The fourth-order valence-electron chi connectivity index (χ4n) is 4.37. The van der Waals surface area contributed by atoms with Gasteiger partial charge in [0.15, 0.2) is 5.65 Å². The molecule has 24 heavy (non-hydrogen) atoms. The van der Waals surface area contributed by atoms with Gasteiger partial charge < -0.3 is 9.64 Å². The minimum atomic E-state index is -4.59. The van der Waals surface area contributed by atoms with Crippen molar-refractivity contribution in [2.45, 2.75) is 38.6 Å². The summed E-state index contributed by atoms with van der Waals surface area (Å²) in [5.74, 6) is -0.260. The fraction of sp³-hybridized carbons (Fsp3) is 0.667. The van der Waals surface area contributed by atoms with E-state index in [-0.39, 0.29) is 23.2 Å². The van der Waals surface area contributed by atoms with E-state index in [4.69, 9.17) is 4.74 Å². The van der Waals surface area contributed by atoms with Gasteiger partial charge in [0.05, 0.1) is 6.10 Å². The summed E-state index contributed by atoms with van der Waals surface area (Å²) < 4.78 is 45.6. The number of hydrogen-bond donors (Lipinski definition) is 0. The Balaban J connectivity index is 1.71. The second-order valence-corrected chi connectivity index (χ2v) is 7.10. The monoisotopic (exact) mass is 341 g/mol. The normalized spacial score (nSPS) is 28.7. The van der Waals surface area contributed by atoms with Crippen LogP contribution >= 0.6 is 0 Å². The van der Waals surface area contributed by atoms with Crippen molar-refractivity contribution in [3.05, 3.63) is 18.0 Å². The molecule has 0 bridgehead atoms. The van der Waals surface area contributed by atoms with Gasteiger partial charge in [0.2, 0.25) is 0 Å². The molecule has 2 aromatic heterocycles. The van der Waals surface area contributed by atoms with E-state index in [0.717, 1.165) is 17.5 Å². The lowest BCUT2D eigenvalue weighted by Gasteiger charge is -2.58. The van der Waals surface area contributed by atoms with Crippen LogP contribution in [0.2, 0.25) is 0 Å². The summed E-state index contributed by atoms with van der Waals surface area (Å²) in [5, 5.41) is 10.9. The third-order valence-electron chi connectivity index (χ3n) is 5.32. The first kappa shape index (κ1) is 15.6. The first-order valence-corrected chi connectivity index (χ1v) is 7.85. The lowest BCUT2D eigenvalue weighted by Crippen LogP contribution is -2.66. The predicted molar refractivity (Wildman–Crippen MR) is 79.6 cm³/mol. The Kier molecular flexibility index (Phi) is 3.13. The minimum absolute atomic E-state index is 0.0768. The number of ether oxygens (including phenoxy) is 1. The Morgan fingerprint density at radius 3 is 2.75 bits per heavy atom. The largest absolute Gasteiger partial charge is 0.453 e. The third kappa shape index (κ3) is 2.03. The molecule has 4 rings (SSSR count). The molecule has 2 fully saturated rings. The first-order valence-electron chi connectivity index (χ1n) is 7.85.